The smallest absolute Gasteiger partial charge is 0.407 e. The number of hydrogen-bond acceptors (Lipinski definition) is 7. The van der Waals surface area contributed by atoms with Crippen molar-refractivity contribution in [2.45, 2.75) is 25.4 Å². The summed E-state index contributed by atoms with van der Waals surface area (Å²) >= 11 is 2.17. The van der Waals surface area contributed by atoms with Crippen LogP contribution in [0.15, 0.2) is 24.5 Å². The van der Waals surface area contributed by atoms with Gasteiger partial charge in [0.15, 0.2) is 5.65 Å². The highest BCUT2D eigenvalue weighted by Crippen LogP contribution is 2.31. The molecule has 1 atom stereocenters. The first-order chi connectivity index (χ1) is 15.0. The number of methoxy groups -OCH3 is 2. The standard InChI is InChI=1S/C20H23IN6O4/c1-30-14-6-5-12(15(8-14)31-2)9-22-18-16-17(21)25-27(19(16)24-11-23-18)13-4-3-7-26(10-13)20(28)29/h5-6,8,11,13H,3-4,7,9-10H2,1-2H3,(H,28,29)(H,22,23,24). The maximum absolute atomic E-state index is 11.4. The molecule has 1 fully saturated rings. The average Bonchev–Trinajstić information content (AvgIpc) is 3.14. The van der Waals surface area contributed by atoms with Gasteiger partial charge in [-0.2, -0.15) is 5.10 Å². The molecule has 164 valence electrons. The number of piperidine rings is 1. The van der Waals surface area contributed by atoms with Gasteiger partial charge in [0.25, 0.3) is 0 Å². The number of hydrogen-bond donors (Lipinski definition) is 2. The van der Waals surface area contributed by atoms with E-state index < -0.39 is 6.09 Å². The lowest BCUT2D eigenvalue weighted by atomic mass is 10.1. The van der Waals surface area contributed by atoms with E-state index in [-0.39, 0.29) is 6.04 Å². The van der Waals surface area contributed by atoms with Crippen LogP contribution in [0.3, 0.4) is 0 Å². The van der Waals surface area contributed by atoms with E-state index in [1.807, 2.05) is 22.9 Å². The van der Waals surface area contributed by atoms with Gasteiger partial charge in [-0.15, -0.1) is 0 Å². The maximum atomic E-state index is 11.4. The monoisotopic (exact) mass is 538 g/mol. The van der Waals surface area contributed by atoms with Gasteiger partial charge in [-0.05, 0) is 47.6 Å². The molecule has 31 heavy (non-hydrogen) atoms. The Morgan fingerprint density at radius 3 is 2.90 bits per heavy atom. The molecule has 0 aliphatic carbocycles. The van der Waals surface area contributed by atoms with Crippen LogP contribution in [-0.4, -0.2) is 63.2 Å². The second kappa shape index (κ2) is 9.12. The predicted octanol–water partition coefficient (Wildman–Crippen LogP) is 3.38. The number of benzene rings is 1. The highest BCUT2D eigenvalue weighted by molar-refractivity contribution is 14.1. The van der Waals surface area contributed by atoms with E-state index in [9.17, 15) is 9.90 Å². The fourth-order valence-electron chi connectivity index (χ4n) is 3.83. The Balaban J connectivity index is 1.61. The third-order valence-corrected chi connectivity index (χ3v) is 6.15. The number of aromatic nitrogens is 4. The first-order valence-corrected chi connectivity index (χ1v) is 10.9. The van der Waals surface area contributed by atoms with Crippen molar-refractivity contribution < 1.29 is 19.4 Å². The summed E-state index contributed by atoms with van der Waals surface area (Å²) < 4.78 is 13.3. The van der Waals surface area contributed by atoms with Crippen molar-refractivity contribution in [3.63, 3.8) is 0 Å². The van der Waals surface area contributed by atoms with Crippen LogP contribution >= 0.6 is 22.6 Å². The molecule has 1 unspecified atom stereocenters. The molecule has 1 amide bonds. The molecule has 1 saturated heterocycles. The van der Waals surface area contributed by atoms with Gasteiger partial charge in [0, 0.05) is 31.3 Å². The quantitative estimate of drug-likeness (QED) is 0.460. The second-order valence-electron chi connectivity index (χ2n) is 7.21. The number of amides is 1. The van der Waals surface area contributed by atoms with Gasteiger partial charge < -0.3 is 24.8 Å². The Morgan fingerprint density at radius 1 is 1.32 bits per heavy atom. The zero-order valence-electron chi connectivity index (χ0n) is 17.2. The van der Waals surface area contributed by atoms with Crippen molar-refractivity contribution >= 4 is 45.5 Å². The molecule has 3 heterocycles. The lowest BCUT2D eigenvalue weighted by Crippen LogP contribution is -2.40. The van der Waals surface area contributed by atoms with E-state index in [0.717, 1.165) is 39.0 Å². The average molecular weight is 538 g/mol. The van der Waals surface area contributed by atoms with Crippen LogP contribution in [0, 0.1) is 3.70 Å². The number of halogens is 1. The van der Waals surface area contributed by atoms with Gasteiger partial charge in [0.2, 0.25) is 0 Å². The van der Waals surface area contributed by atoms with E-state index >= 15 is 0 Å². The number of rotatable bonds is 6. The van der Waals surface area contributed by atoms with Crippen molar-refractivity contribution in [3.8, 4) is 11.5 Å². The number of nitrogens with zero attached hydrogens (tertiary/aromatic N) is 5. The third-order valence-electron chi connectivity index (χ3n) is 5.40. The van der Waals surface area contributed by atoms with Gasteiger partial charge in [-0.25, -0.2) is 19.4 Å². The van der Waals surface area contributed by atoms with Crippen LogP contribution in [-0.2, 0) is 6.54 Å². The van der Waals surface area contributed by atoms with Crippen LogP contribution in [0.2, 0.25) is 0 Å². The van der Waals surface area contributed by atoms with E-state index in [1.165, 1.54) is 11.2 Å². The van der Waals surface area contributed by atoms with Crippen LogP contribution in [0.4, 0.5) is 10.6 Å². The summed E-state index contributed by atoms with van der Waals surface area (Å²) in [4.78, 5) is 21.7. The lowest BCUT2D eigenvalue weighted by Gasteiger charge is -2.30. The Kier molecular flexibility index (Phi) is 6.30. The molecule has 0 radical (unpaired) electrons. The molecular formula is C20H23IN6O4. The van der Waals surface area contributed by atoms with Crippen molar-refractivity contribution in [1.29, 1.82) is 0 Å². The number of fused-ring (bicyclic) bond motifs is 1. The number of nitrogens with one attached hydrogen (secondary N) is 1. The van der Waals surface area contributed by atoms with E-state index in [1.54, 1.807) is 14.2 Å². The number of carbonyl (C=O) groups is 1. The molecule has 0 spiro atoms. The normalized spacial score (nSPS) is 16.4. The van der Waals surface area contributed by atoms with Crippen LogP contribution < -0.4 is 14.8 Å². The summed E-state index contributed by atoms with van der Waals surface area (Å²) in [5.41, 5.74) is 1.66. The third kappa shape index (κ3) is 4.31. The number of anilines is 1. The van der Waals surface area contributed by atoms with E-state index in [4.69, 9.17) is 9.47 Å². The van der Waals surface area contributed by atoms with Crippen molar-refractivity contribution in [3.05, 3.63) is 33.8 Å². The van der Waals surface area contributed by atoms with Crippen LogP contribution in [0.5, 0.6) is 11.5 Å². The highest BCUT2D eigenvalue weighted by Gasteiger charge is 2.28. The second-order valence-corrected chi connectivity index (χ2v) is 8.23. The first-order valence-electron chi connectivity index (χ1n) is 9.83. The summed E-state index contributed by atoms with van der Waals surface area (Å²) in [7, 11) is 3.24. The Morgan fingerprint density at radius 2 is 2.16 bits per heavy atom. The molecule has 3 aromatic rings. The van der Waals surface area contributed by atoms with E-state index in [2.05, 4.69) is 43.0 Å². The maximum Gasteiger partial charge on any atom is 0.407 e. The first kappa shape index (κ1) is 21.4. The summed E-state index contributed by atoms with van der Waals surface area (Å²) in [5, 5.41) is 18.2. The van der Waals surface area contributed by atoms with Gasteiger partial charge >= 0.3 is 6.09 Å². The van der Waals surface area contributed by atoms with Gasteiger partial charge in [-0.3, -0.25) is 0 Å². The minimum absolute atomic E-state index is 0.0553. The van der Waals surface area contributed by atoms with Gasteiger partial charge in [0.1, 0.15) is 27.3 Å². The summed E-state index contributed by atoms with van der Waals surface area (Å²) in [6.45, 7) is 1.45. The molecule has 10 nitrogen and oxygen atoms in total. The fourth-order valence-corrected chi connectivity index (χ4v) is 4.55. The molecule has 1 aromatic carbocycles. The van der Waals surface area contributed by atoms with Gasteiger partial charge in [0.05, 0.1) is 25.6 Å². The lowest BCUT2D eigenvalue weighted by molar-refractivity contribution is 0.120. The topological polar surface area (TPSA) is 115 Å². The molecular weight excluding hydrogens is 515 g/mol. The zero-order valence-corrected chi connectivity index (χ0v) is 19.4. The molecule has 0 saturated carbocycles. The minimum Gasteiger partial charge on any atom is -0.497 e. The summed E-state index contributed by atoms with van der Waals surface area (Å²) in [5.74, 6) is 2.12. The van der Waals surface area contributed by atoms with Crippen molar-refractivity contribution in [2.75, 3.05) is 32.6 Å². The Hall–Kier alpha value is -2.83. The fraction of sp³-hybridized carbons (Fsp3) is 0.400. The Labute approximate surface area is 192 Å². The Bertz CT molecular complexity index is 1100. The SMILES string of the molecule is COc1ccc(CNc2ncnc3c2c(I)nn3C2CCCN(C(=O)O)C2)c(OC)c1. The van der Waals surface area contributed by atoms with Gasteiger partial charge in [-0.1, -0.05) is 0 Å². The van der Waals surface area contributed by atoms with Crippen LogP contribution in [0.25, 0.3) is 11.0 Å². The van der Waals surface area contributed by atoms with Crippen LogP contribution in [0.1, 0.15) is 24.4 Å². The predicted molar refractivity (Wildman–Crippen MR) is 123 cm³/mol. The molecule has 2 aromatic heterocycles. The molecule has 2 N–H and O–H groups in total. The molecule has 4 rings (SSSR count). The minimum atomic E-state index is -0.902. The van der Waals surface area contributed by atoms with Crippen molar-refractivity contribution in [2.24, 2.45) is 0 Å². The number of carboxylic acid groups (broad SMARTS) is 1. The summed E-state index contributed by atoms with van der Waals surface area (Å²) in [6, 6.07) is 5.61. The zero-order chi connectivity index (χ0) is 22.0. The molecule has 1 aliphatic rings. The molecule has 0 bridgehead atoms. The number of ether oxygens (including phenoxy) is 2. The molecule has 1 aliphatic heterocycles. The largest absolute Gasteiger partial charge is 0.497 e. The number of likely N-dealkylation sites (tertiary alicyclic amines) is 1. The molecule has 11 heteroatoms. The van der Waals surface area contributed by atoms with Crippen molar-refractivity contribution in [1.82, 2.24) is 24.6 Å². The summed E-state index contributed by atoms with van der Waals surface area (Å²) in [6.07, 6.45) is 2.25. The van der Waals surface area contributed by atoms with E-state index in [0.29, 0.717) is 31.1 Å². The highest BCUT2D eigenvalue weighted by atomic mass is 127.